The highest BCUT2D eigenvalue weighted by Crippen LogP contribution is 2.25. The quantitative estimate of drug-likeness (QED) is 0.766. The number of benzene rings is 2. The summed E-state index contributed by atoms with van der Waals surface area (Å²) >= 11 is 0. The van der Waals surface area contributed by atoms with Gasteiger partial charge in [0.05, 0.1) is 6.04 Å². The van der Waals surface area contributed by atoms with Gasteiger partial charge in [0, 0.05) is 5.41 Å². The Kier molecular flexibility index (Phi) is 6.55. The Bertz CT molecular complexity index is 695. The lowest BCUT2D eigenvalue weighted by molar-refractivity contribution is -0.128. The molecule has 0 spiro atoms. The van der Waals surface area contributed by atoms with Crippen molar-refractivity contribution in [2.75, 3.05) is 6.54 Å². The minimum Gasteiger partial charge on any atom is -0.307 e. The van der Waals surface area contributed by atoms with Gasteiger partial charge < -0.3 is 5.32 Å². The SMILES string of the molecule is CCN[C@@H](Cc1ccc(-c2ccccc2CC)cc1)C(=O)C(C)(C)C. The number of carbonyl (C=O) groups excluding carboxylic acids is 1. The van der Waals surface area contributed by atoms with E-state index < -0.39 is 0 Å². The van der Waals surface area contributed by atoms with Gasteiger partial charge in [-0.3, -0.25) is 4.79 Å². The van der Waals surface area contributed by atoms with Crippen LogP contribution in [-0.4, -0.2) is 18.4 Å². The molecule has 0 aromatic heterocycles. The third-order valence-corrected chi connectivity index (χ3v) is 4.61. The standard InChI is InChI=1S/C23H31NO/c1-6-18-10-8-9-11-20(18)19-14-12-17(13-15-19)16-21(24-7-2)22(25)23(3,4)5/h8-15,21,24H,6-7,16H2,1-5H3/t21-/m0/s1. The Labute approximate surface area is 152 Å². The molecule has 1 N–H and O–H groups in total. The zero-order valence-corrected chi connectivity index (χ0v) is 16.2. The van der Waals surface area contributed by atoms with Crippen LogP contribution in [0.2, 0.25) is 0 Å². The molecule has 0 aliphatic rings. The van der Waals surface area contributed by atoms with E-state index in [0.717, 1.165) is 19.4 Å². The minimum atomic E-state index is -0.327. The summed E-state index contributed by atoms with van der Waals surface area (Å²) in [5.74, 6) is 0.273. The minimum absolute atomic E-state index is 0.126. The fraction of sp³-hybridized carbons (Fsp3) is 0.435. The first-order valence-electron chi connectivity index (χ1n) is 9.31. The molecular formula is C23H31NO. The van der Waals surface area contributed by atoms with E-state index >= 15 is 0 Å². The summed E-state index contributed by atoms with van der Waals surface area (Å²) in [7, 11) is 0. The van der Waals surface area contributed by atoms with Crippen molar-refractivity contribution in [1.29, 1.82) is 0 Å². The van der Waals surface area contributed by atoms with Crippen LogP contribution in [0.1, 0.15) is 45.7 Å². The maximum Gasteiger partial charge on any atom is 0.155 e. The van der Waals surface area contributed by atoms with Crippen LogP contribution in [0.3, 0.4) is 0 Å². The number of likely N-dealkylation sites (N-methyl/N-ethyl adjacent to an activating group) is 1. The van der Waals surface area contributed by atoms with Crippen molar-refractivity contribution in [3.8, 4) is 11.1 Å². The van der Waals surface area contributed by atoms with E-state index in [0.29, 0.717) is 0 Å². The highest BCUT2D eigenvalue weighted by Gasteiger charge is 2.29. The summed E-state index contributed by atoms with van der Waals surface area (Å²) in [4.78, 5) is 12.7. The number of nitrogens with one attached hydrogen (secondary N) is 1. The monoisotopic (exact) mass is 337 g/mol. The summed E-state index contributed by atoms with van der Waals surface area (Å²) in [6.45, 7) is 11.0. The van der Waals surface area contributed by atoms with E-state index in [1.54, 1.807) is 0 Å². The Morgan fingerprint density at radius 3 is 2.20 bits per heavy atom. The van der Waals surface area contributed by atoms with E-state index in [4.69, 9.17) is 0 Å². The maximum absolute atomic E-state index is 12.7. The van der Waals surface area contributed by atoms with Gasteiger partial charge in [-0.15, -0.1) is 0 Å². The summed E-state index contributed by atoms with van der Waals surface area (Å²) < 4.78 is 0. The van der Waals surface area contributed by atoms with Gasteiger partial charge in [0.2, 0.25) is 0 Å². The third kappa shape index (κ3) is 5.02. The molecule has 2 aromatic carbocycles. The first kappa shape index (κ1) is 19.4. The lowest BCUT2D eigenvalue weighted by atomic mass is 9.84. The van der Waals surface area contributed by atoms with Crippen molar-refractivity contribution in [3.05, 3.63) is 59.7 Å². The summed E-state index contributed by atoms with van der Waals surface area (Å²) in [6, 6.07) is 17.1. The van der Waals surface area contributed by atoms with Crippen molar-refractivity contribution in [1.82, 2.24) is 5.32 Å². The number of hydrogen-bond donors (Lipinski definition) is 1. The predicted molar refractivity (Wildman–Crippen MR) is 107 cm³/mol. The average Bonchev–Trinajstić information content (AvgIpc) is 2.60. The van der Waals surface area contributed by atoms with E-state index in [1.807, 2.05) is 27.7 Å². The number of hydrogen-bond acceptors (Lipinski definition) is 2. The van der Waals surface area contributed by atoms with Gasteiger partial charge in [0.15, 0.2) is 5.78 Å². The Balaban J connectivity index is 2.20. The molecule has 134 valence electrons. The van der Waals surface area contributed by atoms with Crippen LogP contribution in [0, 0.1) is 5.41 Å². The van der Waals surface area contributed by atoms with Crippen molar-refractivity contribution in [3.63, 3.8) is 0 Å². The van der Waals surface area contributed by atoms with Crippen molar-refractivity contribution < 1.29 is 4.79 Å². The first-order chi connectivity index (χ1) is 11.9. The fourth-order valence-electron chi connectivity index (χ4n) is 3.19. The molecule has 0 bridgehead atoms. The highest BCUT2D eigenvalue weighted by molar-refractivity contribution is 5.89. The second-order valence-corrected chi connectivity index (χ2v) is 7.64. The molecule has 0 aliphatic carbocycles. The number of carbonyl (C=O) groups is 1. The number of rotatable bonds is 7. The van der Waals surface area contributed by atoms with Crippen LogP contribution >= 0.6 is 0 Å². The lowest BCUT2D eigenvalue weighted by Gasteiger charge is -2.25. The molecule has 2 nitrogen and oxygen atoms in total. The first-order valence-corrected chi connectivity index (χ1v) is 9.31. The summed E-state index contributed by atoms with van der Waals surface area (Å²) in [5, 5.41) is 3.35. The maximum atomic E-state index is 12.7. The molecule has 0 radical (unpaired) electrons. The van der Waals surface area contributed by atoms with Crippen LogP contribution < -0.4 is 5.32 Å². The molecule has 0 heterocycles. The molecule has 0 unspecified atom stereocenters. The van der Waals surface area contributed by atoms with Crippen molar-refractivity contribution in [2.24, 2.45) is 5.41 Å². The predicted octanol–water partition coefficient (Wildman–Crippen LogP) is 5.05. The van der Waals surface area contributed by atoms with Gasteiger partial charge in [-0.25, -0.2) is 0 Å². The van der Waals surface area contributed by atoms with E-state index in [9.17, 15) is 4.79 Å². The zero-order valence-electron chi connectivity index (χ0n) is 16.2. The zero-order chi connectivity index (χ0) is 18.4. The van der Waals surface area contributed by atoms with Gasteiger partial charge in [0.25, 0.3) is 0 Å². The van der Waals surface area contributed by atoms with Crippen LogP contribution in [0.15, 0.2) is 48.5 Å². The van der Waals surface area contributed by atoms with Crippen LogP contribution in [0.5, 0.6) is 0 Å². The van der Waals surface area contributed by atoms with E-state index in [2.05, 4.69) is 60.8 Å². The number of aryl methyl sites for hydroxylation is 1. The van der Waals surface area contributed by atoms with Crippen LogP contribution in [0.25, 0.3) is 11.1 Å². The molecule has 2 rings (SSSR count). The lowest BCUT2D eigenvalue weighted by Crippen LogP contribution is -2.44. The van der Waals surface area contributed by atoms with Crippen molar-refractivity contribution in [2.45, 2.75) is 53.5 Å². The Morgan fingerprint density at radius 2 is 1.64 bits per heavy atom. The van der Waals surface area contributed by atoms with Gasteiger partial charge >= 0.3 is 0 Å². The Hall–Kier alpha value is -1.93. The summed E-state index contributed by atoms with van der Waals surface area (Å²) in [6.07, 6.45) is 1.76. The molecule has 1 atom stereocenters. The van der Waals surface area contributed by atoms with Crippen molar-refractivity contribution >= 4 is 5.78 Å². The van der Waals surface area contributed by atoms with Gasteiger partial charge in [-0.2, -0.15) is 0 Å². The largest absolute Gasteiger partial charge is 0.307 e. The summed E-state index contributed by atoms with van der Waals surface area (Å²) in [5.41, 5.74) is 4.77. The van der Waals surface area contributed by atoms with Crippen LogP contribution in [0.4, 0.5) is 0 Å². The molecule has 0 saturated carbocycles. The molecule has 25 heavy (non-hydrogen) atoms. The molecule has 0 fully saturated rings. The third-order valence-electron chi connectivity index (χ3n) is 4.61. The smallest absolute Gasteiger partial charge is 0.155 e. The normalized spacial score (nSPS) is 12.8. The topological polar surface area (TPSA) is 29.1 Å². The van der Waals surface area contributed by atoms with Gasteiger partial charge in [-0.05, 0) is 41.6 Å². The fourth-order valence-corrected chi connectivity index (χ4v) is 3.19. The van der Waals surface area contributed by atoms with Crippen LogP contribution in [-0.2, 0) is 17.6 Å². The van der Waals surface area contributed by atoms with Gasteiger partial charge in [0.1, 0.15) is 0 Å². The highest BCUT2D eigenvalue weighted by atomic mass is 16.1. The number of Topliss-reactive ketones (excluding diaryl/α,β-unsaturated/α-hetero) is 1. The number of ketones is 1. The molecule has 0 amide bonds. The second-order valence-electron chi connectivity index (χ2n) is 7.64. The molecule has 2 heteroatoms. The molecule has 0 saturated heterocycles. The second kappa shape index (κ2) is 8.44. The molecule has 2 aromatic rings. The molecule has 0 aliphatic heterocycles. The Morgan fingerprint density at radius 1 is 1.00 bits per heavy atom. The average molecular weight is 338 g/mol. The van der Waals surface area contributed by atoms with E-state index in [1.165, 1.54) is 22.3 Å². The van der Waals surface area contributed by atoms with Gasteiger partial charge in [-0.1, -0.05) is 83.1 Å². The molecular weight excluding hydrogens is 306 g/mol. The van der Waals surface area contributed by atoms with E-state index in [-0.39, 0.29) is 17.2 Å².